The van der Waals surface area contributed by atoms with E-state index in [1.807, 2.05) is 20.8 Å². The van der Waals surface area contributed by atoms with E-state index in [0.29, 0.717) is 0 Å². The largest absolute Gasteiger partial charge is 0.392 e. The van der Waals surface area contributed by atoms with Crippen molar-refractivity contribution in [3.63, 3.8) is 0 Å². The second-order valence-electron chi connectivity index (χ2n) is 5.53. The molecule has 98 valence electrons. The predicted octanol–water partition coefficient (Wildman–Crippen LogP) is 2.43. The van der Waals surface area contributed by atoms with Crippen LogP contribution in [0.5, 0.6) is 0 Å². The molecule has 0 amide bonds. The van der Waals surface area contributed by atoms with Gasteiger partial charge in [-0.3, -0.25) is 0 Å². The molecular formula is C15H22N2O. The minimum Gasteiger partial charge on any atom is -0.392 e. The van der Waals surface area contributed by atoms with Gasteiger partial charge in [-0.1, -0.05) is 18.2 Å². The molecule has 3 nitrogen and oxygen atoms in total. The average molecular weight is 246 g/mol. The molecule has 0 saturated heterocycles. The standard InChI is InChI=1S/C15H22N2O/c1-11(18)15(2,3)16-9-12-10-17(4)14-8-6-5-7-13(12)14/h5-8,10-11,16,18H,9H2,1-4H3. The summed E-state index contributed by atoms with van der Waals surface area (Å²) in [6.45, 7) is 6.61. The topological polar surface area (TPSA) is 37.2 Å². The lowest BCUT2D eigenvalue weighted by atomic mass is 9.98. The molecule has 2 aromatic rings. The molecule has 0 spiro atoms. The summed E-state index contributed by atoms with van der Waals surface area (Å²) in [5.74, 6) is 0. The summed E-state index contributed by atoms with van der Waals surface area (Å²) in [6.07, 6.45) is 1.77. The molecule has 1 aromatic heterocycles. The lowest BCUT2D eigenvalue weighted by Gasteiger charge is -2.29. The SMILES string of the molecule is CC(O)C(C)(C)NCc1cn(C)c2ccccc12. The molecule has 1 aromatic carbocycles. The van der Waals surface area contributed by atoms with Crippen LogP contribution in [0.2, 0.25) is 0 Å². The highest BCUT2D eigenvalue weighted by Crippen LogP contribution is 2.21. The molecule has 0 saturated carbocycles. The van der Waals surface area contributed by atoms with Gasteiger partial charge in [0.1, 0.15) is 0 Å². The number of aliphatic hydroxyl groups excluding tert-OH is 1. The summed E-state index contributed by atoms with van der Waals surface area (Å²) in [7, 11) is 2.06. The van der Waals surface area contributed by atoms with Crippen molar-refractivity contribution in [2.75, 3.05) is 0 Å². The first-order chi connectivity index (χ1) is 8.42. The van der Waals surface area contributed by atoms with Crippen molar-refractivity contribution in [1.29, 1.82) is 0 Å². The number of para-hydroxylation sites is 1. The van der Waals surface area contributed by atoms with Crippen LogP contribution < -0.4 is 5.32 Å². The molecule has 2 rings (SSSR count). The molecule has 0 bridgehead atoms. The van der Waals surface area contributed by atoms with E-state index in [1.54, 1.807) is 0 Å². The van der Waals surface area contributed by atoms with Gasteiger partial charge in [-0.2, -0.15) is 0 Å². The van der Waals surface area contributed by atoms with Gasteiger partial charge >= 0.3 is 0 Å². The monoisotopic (exact) mass is 246 g/mol. The third-order valence-corrected chi connectivity index (χ3v) is 3.76. The van der Waals surface area contributed by atoms with Crippen molar-refractivity contribution in [2.24, 2.45) is 7.05 Å². The van der Waals surface area contributed by atoms with Gasteiger partial charge in [-0.15, -0.1) is 0 Å². The molecule has 0 fully saturated rings. The van der Waals surface area contributed by atoms with Crippen LogP contribution in [0.4, 0.5) is 0 Å². The van der Waals surface area contributed by atoms with Crippen molar-refractivity contribution in [3.05, 3.63) is 36.0 Å². The Morgan fingerprint density at radius 3 is 2.67 bits per heavy atom. The van der Waals surface area contributed by atoms with Crippen LogP contribution in [-0.4, -0.2) is 21.3 Å². The van der Waals surface area contributed by atoms with Crippen molar-refractivity contribution in [3.8, 4) is 0 Å². The number of benzene rings is 1. The van der Waals surface area contributed by atoms with Crippen LogP contribution in [-0.2, 0) is 13.6 Å². The van der Waals surface area contributed by atoms with E-state index in [-0.39, 0.29) is 11.6 Å². The van der Waals surface area contributed by atoms with E-state index in [9.17, 15) is 5.11 Å². The van der Waals surface area contributed by atoms with Gasteiger partial charge in [0.25, 0.3) is 0 Å². The first kappa shape index (κ1) is 13.1. The first-order valence-corrected chi connectivity index (χ1v) is 6.38. The maximum Gasteiger partial charge on any atom is 0.0688 e. The van der Waals surface area contributed by atoms with Crippen LogP contribution in [0.1, 0.15) is 26.3 Å². The third kappa shape index (κ3) is 2.42. The second kappa shape index (κ2) is 4.75. The Bertz CT molecular complexity index is 540. The Hall–Kier alpha value is -1.32. The summed E-state index contributed by atoms with van der Waals surface area (Å²) >= 11 is 0. The van der Waals surface area contributed by atoms with E-state index in [4.69, 9.17) is 0 Å². The number of nitrogens with one attached hydrogen (secondary N) is 1. The zero-order chi connectivity index (χ0) is 13.3. The fourth-order valence-electron chi connectivity index (χ4n) is 2.04. The normalized spacial score (nSPS) is 14.1. The maximum absolute atomic E-state index is 9.71. The third-order valence-electron chi connectivity index (χ3n) is 3.76. The maximum atomic E-state index is 9.71. The molecule has 1 unspecified atom stereocenters. The van der Waals surface area contributed by atoms with Gasteiger partial charge in [0.05, 0.1) is 6.10 Å². The quantitative estimate of drug-likeness (QED) is 0.869. The van der Waals surface area contributed by atoms with Gasteiger partial charge in [0, 0.05) is 36.2 Å². The summed E-state index contributed by atoms with van der Waals surface area (Å²) in [5.41, 5.74) is 2.22. The fourth-order valence-corrected chi connectivity index (χ4v) is 2.04. The van der Waals surface area contributed by atoms with E-state index in [1.165, 1.54) is 16.5 Å². The van der Waals surface area contributed by atoms with E-state index in [0.717, 1.165) is 6.54 Å². The van der Waals surface area contributed by atoms with E-state index in [2.05, 4.69) is 47.4 Å². The number of fused-ring (bicyclic) bond motifs is 1. The number of nitrogens with zero attached hydrogens (tertiary/aromatic N) is 1. The van der Waals surface area contributed by atoms with Crippen LogP contribution in [0.3, 0.4) is 0 Å². The number of aromatic nitrogens is 1. The number of aliphatic hydroxyl groups is 1. The molecular weight excluding hydrogens is 224 g/mol. The molecule has 0 aliphatic carbocycles. The average Bonchev–Trinajstić information content (AvgIpc) is 2.65. The smallest absolute Gasteiger partial charge is 0.0688 e. The lowest BCUT2D eigenvalue weighted by molar-refractivity contribution is 0.0957. The molecule has 0 aliphatic rings. The summed E-state index contributed by atoms with van der Waals surface area (Å²) in [5, 5.41) is 14.4. The summed E-state index contributed by atoms with van der Waals surface area (Å²) in [6, 6.07) is 8.38. The van der Waals surface area contributed by atoms with Gasteiger partial charge < -0.3 is 15.0 Å². The van der Waals surface area contributed by atoms with Gasteiger partial charge in [0.15, 0.2) is 0 Å². The molecule has 3 heteroatoms. The van der Waals surface area contributed by atoms with Crippen molar-refractivity contribution in [2.45, 2.75) is 39.0 Å². The number of rotatable bonds is 4. The minimum atomic E-state index is -0.382. The van der Waals surface area contributed by atoms with Gasteiger partial charge in [-0.25, -0.2) is 0 Å². The number of aryl methyl sites for hydroxylation is 1. The predicted molar refractivity (Wildman–Crippen MR) is 75.5 cm³/mol. The number of hydrogen-bond acceptors (Lipinski definition) is 2. The Labute approximate surface area is 108 Å². The zero-order valence-corrected chi connectivity index (χ0v) is 11.6. The molecule has 0 radical (unpaired) electrons. The highest BCUT2D eigenvalue weighted by Gasteiger charge is 2.23. The fraction of sp³-hybridized carbons (Fsp3) is 0.467. The highest BCUT2D eigenvalue weighted by atomic mass is 16.3. The van der Waals surface area contributed by atoms with Crippen LogP contribution >= 0.6 is 0 Å². The van der Waals surface area contributed by atoms with Crippen LogP contribution in [0, 0.1) is 0 Å². The van der Waals surface area contributed by atoms with E-state index < -0.39 is 0 Å². The second-order valence-corrected chi connectivity index (χ2v) is 5.53. The molecule has 1 heterocycles. The Kier molecular flexibility index (Phi) is 3.46. The Balaban J connectivity index is 2.23. The minimum absolute atomic E-state index is 0.281. The molecule has 0 aliphatic heterocycles. The van der Waals surface area contributed by atoms with Crippen molar-refractivity contribution >= 4 is 10.9 Å². The lowest BCUT2D eigenvalue weighted by Crippen LogP contribution is -2.47. The van der Waals surface area contributed by atoms with Crippen LogP contribution in [0.15, 0.2) is 30.5 Å². The molecule has 2 N–H and O–H groups in total. The van der Waals surface area contributed by atoms with E-state index >= 15 is 0 Å². The molecule has 1 atom stereocenters. The van der Waals surface area contributed by atoms with Gasteiger partial charge in [-0.05, 0) is 32.4 Å². The summed E-state index contributed by atoms with van der Waals surface area (Å²) < 4.78 is 2.14. The Morgan fingerprint density at radius 2 is 2.00 bits per heavy atom. The first-order valence-electron chi connectivity index (χ1n) is 6.38. The number of hydrogen-bond donors (Lipinski definition) is 2. The molecule has 18 heavy (non-hydrogen) atoms. The van der Waals surface area contributed by atoms with Crippen LogP contribution in [0.25, 0.3) is 10.9 Å². The van der Waals surface area contributed by atoms with Crippen molar-refractivity contribution in [1.82, 2.24) is 9.88 Å². The van der Waals surface area contributed by atoms with Crippen molar-refractivity contribution < 1.29 is 5.11 Å². The zero-order valence-electron chi connectivity index (χ0n) is 11.6. The highest BCUT2D eigenvalue weighted by molar-refractivity contribution is 5.83. The van der Waals surface area contributed by atoms with Gasteiger partial charge in [0.2, 0.25) is 0 Å². The summed E-state index contributed by atoms with van der Waals surface area (Å²) in [4.78, 5) is 0. The Morgan fingerprint density at radius 1 is 1.33 bits per heavy atom.